The van der Waals surface area contributed by atoms with Crippen LogP contribution in [0.3, 0.4) is 0 Å². The summed E-state index contributed by atoms with van der Waals surface area (Å²) in [5.41, 5.74) is 1.06. The first-order valence-electron chi connectivity index (χ1n) is 6.44. The molecule has 0 aromatic heterocycles. The van der Waals surface area contributed by atoms with Crippen LogP contribution in [0.2, 0.25) is 0 Å². The Balaban J connectivity index is 2.08. The first-order chi connectivity index (χ1) is 9.11. The summed E-state index contributed by atoms with van der Waals surface area (Å²) >= 11 is 5.40. The summed E-state index contributed by atoms with van der Waals surface area (Å²) < 4.78 is 0.758. The van der Waals surface area contributed by atoms with Gasteiger partial charge < -0.3 is 5.32 Å². The monoisotopic (exact) mass is 344 g/mol. The van der Waals surface area contributed by atoms with Crippen LogP contribution >= 0.6 is 27.7 Å². The van der Waals surface area contributed by atoms with E-state index in [0.29, 0.717) is 11.3 Å². The third kappa shape index (κ3) is 3.63. The van der Waals surface area contributed by atoms with Crippen LogP contribution in [0.5, 0.6) is 0 Å². The van der Waals surface area contributed by atoms with E-state index in [1.54, 1.807) is 18.2 Å². The minimum atomic E-state index is -0.375. The number of thioether (sulfide) groups is 1. The Kier molecular flexibility index (Phi) is 5.10. The quantitative estimate of drug-likeness (QED) is 0.633. The summed E-state index contributed by atoms with van der Waals surface area (Å²) in [7, 11) is 0. The Morgan fingerprint density at radius 1 is 1.53 bits per heavy atom. The predicted octanol–water partition coefficient (Wildman–Crippen LogP) is 4.44. The van der Waals surface area contributed by atoms with Gasteiger partial charge in [0.15, 0.2) is 0 Å². The minimum Gasteiger partial charge on any atom is -0.380 e. The van der Waals surface area contributed by atoms with E-state index in [1.807, 2.05) is 11.8 Å². The van der Waals surface area contributed by atoms with Crippen molar-refractivity contribution in [1.29, 1.82) is 0 Å². The zero-order valence-corrected chi connectivity index (χ0v) is 13.2. The number of nitro groups is 1. The van der Waals surface area contributed by atoms with Crippen LogP contribution in [0.4, 0.5) is 11.4 Å². The average Bonchev–Trinajstić information content (AvgIpc) is 2.79. The second-order valence-corrected chi connectivity index (χ2v) is 6.97. The highest BCUT2D eigenvalue weighted by Gasteiger charge is 2.27. The third-order valence-electron chi connectivity index (χ3n) is 3.34. The molecule has 1 aromatic carbocycles. The minimum absolute atomic E-state index is 0.114. The molecule has 0 heterocycles. The van der Waals surface area contributed by atoms with Crippen LogP contribution in [-0.4, -0.2) is 22.0 Å². The second-order valence-electron chi connectivity index (χ2n) is 4.60. The van der Waals surface area contributed by atoms with E-state index in [2.05, 4.69) is 28.2 Å². The smallest absolute Gasteiger partial charge is 0.270 e. The van der Waals surface area contributed by atoms with Gasteiger partial charge in [-0.25, -0.2) is 0 Å². The number of hydrogen-bond donors (Lipinski definition) is 1. The molecule has 19 heavy (non-hydrogen) atoms. The first kappa shape index (κ1) is 14.7. The summed E-state index contributed by atoms with van der Waals surface area (Å²) in [4.78, 5) is 10.3. The number of rotatable bonds is 5. The fourth-order valence-electron chi connectivity index (χ4n) is 2.44. The molecule has 1 saturated carbocycles. The van der Waals surface area contributed by atoms with Gasteiger partial charge in [-0.2, -0.15) is 11.8 Å². The van der Waals surface area contributed by atoms with E-state index in [4.69, 9.17) is 0 Å². The van der Waals surface area contributed by atoms with Crippen molar-refractivity contribution >= 4 is 39.1 Å². The van der Waals surface area contributed by atoms with Gasteiger partial charge in [0.1, 0.15) is 0 Å². The SMILES string of the molecule is CCSC1CCCC1Nc1ccc([N+](=O)[O-])cc1Br. The van der Waals surface area contributed by atoms with E-state index < -0.39 is 0 Å². The van der Waals surface area contributed by atoms with Gasteiger partial charge in [0.2, 0.25) is 0 Å². The molecule has 2 rings (SSSR count). The Morgan fingerprint density at radius 2 is 2.32 bits per heavy atom. The molecule has 1 aromatic rings. The van der Waals surface area contributed by atoms with Crippen LogP contribution in [0.15, 0.2) is 22.7 Å². The van der Waals surface area contributed by atoms with E-state index in [1.165, 1.54) is 19.3 Å². The van der Waals surface area contributed by atoms with Gasteiger partial charge in [-0.15, -0.1) is 0 Å². The van der Waals surface area contributed by atoms with Crippen LogP contribution in [0.1, 0.15) is 26.2 Å². The first-order valence-corrected chi connectivity index (χ1v) is 8.28. The number of halogens is 1. The average molecular weight is 345 g/mol. The van der Waals surface area contributed by atoms with Crippen molar-refractivity contribution in [3.05, 3.63) is 32.8 Å². The molecular formula is C13H17BrN2O2S. The fraction of sp³-hybridized carbons (Fsp3) is 0.538. The zero-order chi connectivity index (χ0) is 13.8. The van der Waals surface area contributed by atoms with Crippen LogP contribution < -0.4 is 5.32 Å². The molecule has 2 atom stereocenters. The summed E-state index contributed by atoms with van der Waals surface area (Å²) in [5.74, 6) is 1.13. The Labute approximate surface area is 125 Å². The zero-order valence-electron chi connectivity index (χ0n) is 10.8. The molecule has 1 N–H and O–H groups in total. The number of non-ortho nitro benzene ring substituents is 1. The van der Waals surface area contributed by atoms with Crippen molar-refractivity contribution in [1.82, 2.24) is 0 Å². The lowest BCUT2D eigenvalue weighted by molar-refractivity contribution is -0.384. The van der Waals surface area contributed by atoms with Crippen LogP contribution in [0.25, 0.3) is 0 Å². The predicted molar refractivity (Wildman–Crippen MR) is 84.0 cm³/mol. The number of nitro benzene ring substituents is 1. The number of nitrogens with zero attached hydrogens (tertiary/aromatic N) is 1. The largest absolute Gasteiger partial charge is 0.380 e. The maximum absolute atomic E-state index is 10.7. The molecule has 1 aliphatic carbocycles. The third-order valence-corrected chi connectivity index (χ3v) is 5.32. The van der Waals surface area contributed by atoms with Crippen molar-refractivity contribution in [2.24, 2.45) is 0 Å². The van der Waals surface area contributed by atoms with Gasteiger partial charge in [-0.05, 0) is 40.6 Å². The molecule has 0 amide bonds. The van der Waals surface area contributed by atoms with Gasteiger partial charge in [-0.3, -0.25) is 10.1 Å². The number of hydrogen-bond acceptors (Lipinski definition) is 4. The van der Waals surface area contributed by atoms with Gasteiger partial charge in [-0.1, -0.05) is 13.3 Å². The topological polar surface area (TPSA) is 55.2 Å². The fourth-order valence-corrected chi connectivity index (χ4v) is 4.12. The molecule has 0 radical (unpaired) electrons. The Morgan fingerprint density at radius 3 is 2.95 bits per heavy atom. The second kappa shape index (κ2) is 6.61. The van der Waals surface area contributed by atoms with Crippen molar-refractivity contribution in [2.45, 2.75) is 37.5 Å². The highest BCUT2D eigenvalue weighted by atomic mass is 79.9. The lowest BCUT2D eigenvalue weighted by Crippen LogP contribution is -2.26. The summed E-state index contributed by atoms with van der Waals surface area (Å²) in [6.07, 6.45) is 3.67. The summed E-state index contributed by atoms with van der Waals surface area (Å²) in [6.45, 7) is 2.18. The number of benzene rings is 1. The number of nitrogens with one attached hydrogen (secondary N) is 1. The molecule has 0 aliphatic heterocycles. The van der Waals surface area contributed by atoms with Crippen molar-refractivity contribution in [3.8, 4) is 0 Å². The van der Waals surface area contributed by atoms with Crippen molar-refractivity contribution in [2.75, 3.05) is 11.1 Å². The molecule has 0 bridgehead atoms. The lowest BCUT2D eigenvalue weighted by atomic mass is 10.2. The van der Waals surface area contributed by atoms with Crippen LogP contribution in [0, 0.1) is 10.1 Å². The normalized spacial score (nSPS) is 22.4. The highest BCUT2D eigenvalue weighted by molar-refractivity contribution is 9.10. The molecule has 1 aliphatic rings. The van der Waals surface area contributed by atoms with E-state index in [9.17, 15) is 10.1 Å². The molecule has 1 fully saturated rings. The van der Waals surface area contributed by atoms with Gasteiger partial charge >= 0.3 is 0 Å². The molecule has 0 saturated heterocycles. The Hall–Kier alpha value is -0.750. The highest BCUT2D eigenvalue weighted by Crippen LogP contribution is 2.34. The molecule has 6 heteroatoms. The molecular weight excluding hydrogens is 328 g/mol. The Bertz CT molecular complexity index is 470. The van der Waals surface area contributed by atoms with Crippen LogP contribution in [-0.2, 0) is 0 Å². The lowest BCUT2D eigenvalue weighted by Gasteiger charge is -2.22. The van der Waals surface area contributed by atoms with E-state index in [0.717, 1.165) is 15.9 Å². The van der Waals surface area contributed by atoms with Crippen molar-refractivity contribution < 1.29 is 4.92 Å². The standard InChI is InChI=1S/C13H17BrN2O2S/c1-2-19-13-5-3-4-12(13)15-11-7-6-9(16(17)18)8-10(11)14/h6-8,12-13,15H,2-5H2,1H3. The van der Waals surface area contributed by atoms with Crippen molar-refractivity contribution in [3.63, 3.8) is 0 Å². The number of anilines is 1. The molecule has 4 nitrogen and oxygen atoms in total. The molecule has 2 unspecified atom stereocenters. The molecule has 0 spiro atoms. The van der Waals surface area contributed by atoms with Gasteiger partial charge in [0, 0.05) is 33.6 Å². The van der Waals surface area contributed by atoms with E-state index >= 15 is 0 Å². The van der Waals surface area contributed by atoms with Gasteiger partial charge in [0.05, 0.1) is 4.92 Å². The molecule has 104 valence electrons. The van der Waals surface area contributed by atoms with Gasteiger partial charge in [0.25, 0.3) is 5.69 Å². The summed E-state index contributed by atoms with van der Waals surface area (Å²) in [6, 6.07) is 5.35. The van der Waals surface area contributed by atoms with E-state index in [-0.39, 0.29) is 10.6 Å². The maximum Gasteiger partial charge on any atom is 0.270 e. The summed E-state index contributed by atoms with van der Waals surface area (Å²) in [5, 5.41) is 14.9. The maximum atomic E-state index is 10.7.